The van der Waals surface area contributed by atoms with Gasteiger partial charge in [0.25, 0.3) is 0 Å². The maximum absolute atomic E-state index is 13.3. The van der Waals surface area contributed by atoms with Gasteiger partial charge in [-0.05, 0) is 67.5 Å². The molecule has 0 saturated carbocycles. The molecule has 0 aliphatic heterocycles. The number of phenols is 1. The monoisotopic (exact) mass is 423 g/mol. The fraction of sp³-hybridized carbons (Fsp3) is 0.160. The van der Waals surface area contributed by atoms with Crippen LogP contribution in [0, 0.1) is 23.2 Å². The number of hydrogen-bond acceptors (Lipinski definition) is 3. The average Bonchev–Trinajstić information content (AvgIpc) is 2.74. The number of alkyl halides is 3. The van der Waals surface area contributed by atoms with Gasteiger partial charge >= 0.3 is 6.18 Å². The van der Waals surface area contributed by atoms with Crippen molar-refractivity contribution in [2.24, 2.45) is 0 Å². The predicted molar refractivity (Wildman–Crippen MR) is 114 cm³/mol. The SMILES string of the molecule is C\C=C/C(=C\C=C(/C)OC)c1cc(C#N)ccc1C#Cc1ccc(O)cc1C(F)(F)F. The molecule has 2 aromatic carbocycles. The summed E-state index contributed by atoms with van der Waals surface area (Å²) in [5.41, 5.74) is 0.876. The minimum absolute atomic E-state index is 0.257. The largest absolute Gasteiger partial charge is 0.508 e. The fourth-order valence-electron chi connectivity index (χ4n) is 2.66. The first-order valence-electron chi connectivity index (χ1n) is 9.21. The van der Waals surface area contributed by atoms with E-state index < -0.39 is 17.5 Å². The summed E-state index contributed by atoms with van der Waals surface area (Å²) in [5.74, 6) is 5.51. The Morgan fingerprint density at radius 3 is 2.35 bits per heavy atom. The van der Waals surface area contributed by atoms with Crippen LogP contribution in [0.3, 0.4) is 0 Å². The Kier molecular flexibility index (Phi) is 7.71. The van der Waals surface area contributed by atoms with E-state index in [0.29, 0.717) is 34.1 Å². The molecule has 31 heavy (non-hydrogen) atoms. The van der Waals surface area contributed by atoms with Crippen molar-refractivity contribution in [1.29, 1.82) is 5.26 Å². The lowest BCUT2D eigenvalue weighted by Crippen LogP contribution is -2.07. The molecule has 3 nitrogen and oxygen atoms in total. The predicted octanol–water partition coefficient (Wildman–Crippen LogP) is 6.19. The van der Waals surface area contributed by atoms with Crippen LogP contribution >= 0.6 is 0 Å². The normalized spacial score (nSPS) is 12.3. The summed E-state index contributed by atoms with van der Waals surface area (Å²) in [6, 6.07) is 9.77. The maximum atomic E-state index is 13.3. The zero-order valence-electron chi connectivity index (χ0n) is 17.2. The van der Waals surface area contributed by atoms with Gasteiger partial charge in [-0.3, -0.25) is 0 Å². The molecule has 0 radical (unpaired) electrons. The van der Waals surface area contributed by atoms with E-state index in [9.17, 15) is 23.5 Å². The van der Waals surface area contributed by atoms with Crippen molar-refractivity contribution in [2.75, 3.05) is 7.11 Å². The number of nitriles is 1. The lowest BCUT2D eigenvalue weighted by atomic mass is 9.96. The topological polar surface area (TPSA) is 53.2 Å². The summed E-state index contributed by atoms with van der Waals surface area (Å²) in [6.45, 7) is 3.60. The number of ether oxygens (including phenoxy) is 1. The zero-order valence-corrected chi connectivity index (χ0v) is 17.2. The van der Waals surface area contributed by atoms with Gasteiger partial charge in [-0.2, -0.15) is 18.4 Å². The Morgan fingerprint density at radius 1 is 1.06 bits per heavy atom. The van der Waals surface area contributed by atoms with Gasteiger partial charge in [-0.25, -0.2) is 0 Å². The molecule has 0 aliphatic carbocycles. The number of phenolic OH excluding ortho intramolecular Hbond substituents is 1. The molecule has 0 amide bonds. The van der Waals surface area contributed by atoms with Gasteiger partial charge in [-0.15, -0.1) is 0 Å². The number of methoxy groups -OCH3 is 1. The standard InChI is InChI=1S/C25H20F3NO2/c1-4-5-19(8-6-17(2)31-3)23-14-18(16-29)7-9-20(23)10-11-21-12-13-22(30)15-24(21)25(26,27)28/h4-9,12-15,30H,1-3H3/b5-4-,17-6+,19-8+. The van der Waals surface area contributed by atoms with E-state index in [2.05, 4.69) is 17.9 Å². The molecule has 0 unspecified atom stereocenters. The molecule has 158 valence electrons. The molecule has 0 bridgehead atoms. The van der Waals surface area contributed by atoms with E-state index in [1.165, 1.54) is 7.11 Å². The molecule has 0 atom stereocenters. The van der Waals surface area contributed by atoms with Gasteiger partial charge in [0, 0.05) is 11.1 Å². The Hall–Kier alpha value is -3.90. The van der Waals surface area contributed by atoms with Crippen LogP contribution < -0.4 is 0 Å². The molecule has 0 aliphatic rings. The summed E-state index contributed by atoms with van der Waals surface area (Å²) in [7, 11) is 1.54. The fourth-order valence-corrected chi connectivity index (χ4v) is 2.66. The zero-order chi connectivity index (χ0) is 23.0. The highest BCUT2D eigenvalue weighted by Crippen LogP contribution is 2.34. The molecule has 2 rings (SSSR count). The van der Waals surface area contributed by atoms with Crippen LogP contribution in [-0.4, -0.2) is 12.2 Å². The number of halogens is 3. The van der Waals surface area contributed by atoms with Crippen molar-refractivity contribution >= 4 is 5.57 Å². The van der Waals surface area contributed by atoms with Crippen molar-refractivity contribution in [3.8, 4) is 23.7 Å². The van der Waals surface area contributed by atoms with E-state index in [-0.39, 0.29) is 5.56 Å². The van der Waals surface area contributed by atoms with E-state index in [1.807, 2.05) is 13.0 Å². The van der Waals surface area contributed by atoms with Gasteiger partial charge < -0.3 is 9.84 Å². The minimum Gasteiger partial charge on any atom is -0.508 e. The molecule has 0 fully saturated rings. The molecular formula is C25H20F3NO2. The van der Waals surface area contributed by atoms with Crippen molar-refractivity contribution in [2.45, 2.75) is 20.0 Å². The first-order chi connectivity index (χ1) is 14.7. The molecule has 0 aromatic heterocycles. The van der Waals surface area contributed by atoms with Crippen LogP contribution in [-0.2, 0) is 10.9 Å². The van der Waals surface area contributed by atoms with E-state index in [0.717, 1.165) is 12.1 Å². The molecule has 6 heteroatoms. The van der Waals surface area contributed by atoms with E-state index in [1.54, 1.807) is 43.4 Å². The smallest absolute Gasteiger partial charge is 0.417 e. The highest BCUT2D eigenvalue weighted by Gasteiger charge is 2.33. The van der Waals surface area contributed by atoms with Crippen LogP contribution in [0.4, 0.5) is 13.2 Å². The van der Waals surface area contributed by atoms with Crippen LogP contribution in [0.5, 0.6) is 5.75 Å². The van der Waals surface area contributed by atoms with Gasteiger partial charge in [0.05, 0.1) is 30.1 Å². The Bertz CT molecular complexity index is 1150. The second-order valence-corrected chi connectivity index (χ2v) is 6.45. The summed E-state index contributed by atoms with van der Waals surface area (Å²) < 4.78 is 45.1. The van der Waals surface area contributed by atoms with E-state index in [4.69, 9.17) is 4.74 Å². The lowest BCUT2D eigenvalue weighted by Gasteiger charge is -2.10. The summed E-state index contributed by atoms with van der Waals surface area (Å²) in [4.78, 5) is 0. The van der Waals surface area contributed by atoms with Crippen molar-refractivity contribution in [3.63, 3.8) is 0 Å². The number of hydrogen-bond donors (Lipinski definition) is 1. The molecule has 0 heterocycles. The molecule has 2 aromatic rings. The van der Waals surface area contributed by atoms with Crippen LogP contribution in [0.1, 0.15) is 41.7 Å². The first-order valence-corrected chi connectivity index (χ1v) is 9.21. The number of allylic oxidation sites excluding steroid dienone is 6. The number of nitrogens with zero attached hydrogens (tertiary/aromatic N) is 1. The molecular weight excluding hydrogens is 403 g/mol. The second kappa shape index (κ2) is 10.2. The van der Waals surface area contributed by atoms with E-state index >= 15 is 0 Å². The van der Waals surface area contributed by atoms with Crippen molar-refractivity contribution < 1.29 is 23.0 Å². The summed E-state index contributed by atoms with van der Waals surface area (Å²) >= 11 is 0. The quantitative estimate of drug-likeness (QED) is 0.362. The van der Waals surface area contributed by atoms with Crippen molar-refractivity contribution in [1.82, 2.24) is 0 Å². The first kappa shape index (κ1) is 23.4. The molecule has 0 saturated heterocycles. The maximum Gasteiger partial charge on any atom is 0.417 e. The lowest BCUT2D eigenvalue weighted by molar-refractivity contribution is -0.137. The third-order valence-corrected chi connectivity index (χ3v) is 4.27. The summed E-state index contributed by atoms with van der Waals surface area (Å²) in [6.07, 6.45) is 2.48. The van der Waals surface area contributed by atoms with Crippen molar-refractivity contribution in [3.05, 3.63) is 94.3 Å². The second-order valence-electron chi connectivity index (χ2n) is 6.45. The average molecular weight is 423 g/mol. The Labute approximate surface area is 179 Å². The third-order valence-electron chi connectivity index (χ3n) is 4.27. The number of aromatic hydroxyl groups is 1. The van der Waals surface area contributed by atoms with Crippen LogP contribution in [0.15, 0.2) is 66.5 Å². The Morgan fingerprint density at radius 2 is 1.74 bits per heavy atom. The third kappa shape index (κ3) is 6.29. The number of rotatable bonds is 4. The van der Waals surface area contributed by atoms with Gasteiger partial charge in [-0.1, -0.05) is 30.1 Å². The van der Waals surface area contributed by atoms with Crippen LogP contribution in [0.25, 0.3) is 5.57 Å². The van der Waals surface area contributed by atoms with Gasteiger partial charge in [0.2, 0.25) is 0 Å². The molecule has 1 N–H and O–H groups in total. The Balaban J connectivity index is 2.68. The molecule has 0 spiro atoms. The van der Waals surface area contributed by atoms with Crippen LogP contribution in [0.2, 0.25) is 0 Å². The summed E-state index contributed by atoms with van der Waals surface area (Å²) in [5, 5.41) is 18.7. The van der Waals surface area contributed by atoms with Gasteiger partial charge in [0.15, 0.2) is 0 Å². The minimum atomic E-state index is -4.66. The number of benzene rings is 2. The van der Waals surface area contributed by atoms with Gasteiger partial charge in [0.1, 0.15) is 5.75 Å². The highest BCUT2D eigenvalue weighted by atomic mass is 19.4. The highest BCUT2D eigenvalue weighted by molar-refractivity contribution is 5.80.